The quantitative estimate of drug-likeness (QED) is 0.607. The van der Waals surface area contributed by atoms with Gasteiger partial charge < -0.3 is 10.8 Å². The Hall–Kier alpha value is -1.55. The standard InChI is InChI=1S/C10H11ClN2O2/c1-13-5-7-6(4-10(14)15)8(11)2-3-9(7)12/h2-3,5H,4,12H2,1H3,(H,14,15). The van der Waals surface area contributed by atoms with Crippen molar-refractivity contribution in [2.45, 2.75) is 6.42 Å². The maximum absolute atomic E-state index is 10.6. The van der Waals surface area contributed by atoms with E-state index in [2.05, 4.69) is 4.99 Å². The van der Waals surface area contributed by atoms with Gasteiger partial charge in [0.1, 0.15) is 0 Å². The number of anilines is 1. The second-order valence-electron chi connectivity index (χ2n) is 2.99. The van der Waals surface area contributed by atoms with Crippen molar-refractivity contribution >= 4 is 29.5 Å². The van der Waals surface area contributed by atoms with Crippen LogP contribution in [0.5, 0.6) is 0 Å². The summed E-state index contributed by atoms with van der Waals surface area (Å²) < 4.78 is 0. The van der Waals surface area contributed by atoms with Crippen LogP contribution in [0, 0.1) is 0 Å². The summed E-state index contributed by atoms with van der Waals surface area (Å²) in [6, 6.07) is 3.22. The predicted octanol–water partition coefficient (Wildman–Crippen LogP) is 1.60. The fourth-order valence-corrected chi connectivity index (χ4v) is 1.50. The van der Waals surface area contributed by atoms with Crippen molar-refractivity contribution < 1.29 is 9.90 Å². The van der Waals surface area contributed by atoms with Crippen molar-refractivity contribution in [3.8, 4) is 0 Å². The minimum Gasteiger partial charge on any atom is -0.481 e. The minimum atomic E-state index is -0.951. The molecular weight excluding hydrogens is 216 g/mol. The number of rotatable bonds is 3. The van der Waals surface area contributed by atoms with E-state index in [0.717, 1.165) is 0 Å². The van der Waals surface area contributed by atoms with Crippen LogP contribution >= 0.6 is 11.6 Å². The number of benzene rings is 1. The van der Waals surface area contributed by atoms with E-state index >= 15 is 0 Å². The number of carboxylic acids is 1. The number of hydrogen-bond donors (Lipinski definition) is 2. The monoisotopic (exact) mass is 226 g/mol. The molecule has 0 spiro atoms. The number of carboxylic acid groups (broad SMARTS) is 1. The molecule has 0 fully saturated rings. The second kappa shape index (κ2) is 4.79. The largest absolute Gasteiger partial charge is 0.481 e. The molecule has 80 valence electrons. The van der Waals surface area contributed by atoms with E-state index < -0.39 is 5.97 Å². The molecule has 1 aromatic rings. The summed E-state index contributed by atoms with van der Waals surface area (Å²) >= 11 is 5.90. The Morgan fingerprint density at radius 1 is 1.67 bits per heavy atom. The Bertz CT molecular complexity index is 416. The molecule has 3 N–H and O–H groups in total. The van der Waals surface area contributed by atoms with Crippen molar-refractivity contribution in [1.29, 1.82) is 0 Å². The van der Waals surface area contributed by atoms with Crippen LogP contribution in [0.15, 0.2) is 17.1 Å². The smallest absolute Gasteiger partial charge is 0.307 e. The van der Waals surface area contributed by atoms with Crippen LogP contribution in [-0.4, -0.2) is 24.3 Å². The second-order valence-corrected chi connectivity index (χ2v) is 3.39. The molecule has 1 rings (SSSR count). The third-order valence-corrected chi connectivity index (χ3v) is 2.27. The number of aliphatic imine (C=N–C) groups is 1. The van der Waals surface area contributed by atoms with Crippen LogP contribution in [0.2, 0.25) is 5.02 Å². The van der Waals surface area contributed by atoms with Gasteiger partial charge in [0.2, 0.25) is 0 Å². The molecule has 5 heteroatoms. The lowest BCUT2D eigenvalue weighted by Crippen LogP contribution is -2.06. The Balaban J connectivity index is 3.30. The van der Waals surface area contributed by atoms with Gasteiger partial charge in [-0.1, -0.05) is 11.6 Å². The number of nitrogens with zero attached hydrogens (tertiary/aromatic N) is 1. The zero-order valence-electron chi connectivity index (χ0n) is 8.20. The normalized spacial score (nSPS) is 10.8. The van der Waals surface area contributed by atoms with E-state index in [0.29, 0.717) is 21.8 Å². The SMILES string of the molecule is CN=Cc1c(N)ccc(Cl)c1CC(=O)O. The van der Waals surface area contributed by atoms with Crippen LogP contribution in [0.4, 0.5) is 5.69 Å². The fourth-order valence-electron chi connectivity index (χ4n) is 1.27. The van der Waals surface area contributed by atoms with Crippen LogP contribution in [0.3, 0.4) is 0 Å². The van der Waals surface area contributed by atoms with Gasteiger partial charge in [0, 0.05) is 29.5 Å². The summed E-state index contributed by atoms with van der Waals surface area (Å²) in [5.41, 5.74) is 7.25. The van der Waals surface area contributed by atoms with E-state index in [-0.39, 0.29) is 6.42 Å². The molecule has 15 heavy (non-hydrogen) atoms. The highest BCUT2D eigenvalue weighted by Gasteiger charge is 2.12. The van der Waals surface area contributed by atoms with Gasteiger partial charge in [-0.25, -0.2) is 0 Å². The van der Waals surface area contributed by atoms with Crippen LogP contribution in [0.25, 0.3) is 0 Å². The molecule has 0 aliphatic carbocycles. The number of nitrogen functional groups attached to an aromatic ring is 1. The van der Waals surface area contributed by atoms with E-state index in [9.17, 15) is 4.79 Å². The third kappa shape index (κ3) is 2.70. The van der Waals surface area contributed by atoms with Crippen molar-refractivity contribution in [3.05, 3.63) is 28.3 Å². The van der Waals surface area contributed by atoms with Crippen LogP contribution in [-0.2, 0) is 11.2 Å². The Morgan fingerprint density at radius 2 is 2.33 bits per heavy atom. The zero-order valence-corrected chi connectivity index (χ0v) is 8.95. The van der Waals surface area contributed by atoms with Gasteiger partial charge in [-0.3, -0.25) is 9.79 Å². The summed E-state index contributed by atoms with van der Waals surface area (Å²) in [4.78, 5) is 14.5. The van der Waals surface area contributed by atoms with Gasteiger partial charge in [-0.05, 0) is 17.7 Å². The van der Waals surface area contributed by atoms with Gasteiger partial charge in [0.25, 0.3) is 0 Å². The Kier molecular flexibility index (Phi) is 3.68. The van der Waals surface area contributed by atoms with Gasteiger partial charge >= 0.3 is 5.97 Å². The molecule has 0 aromatic heterocycles. The lowest BCUT2D eigenvalue weighted by molar-refractivity contribution is -0.136. The number of nitrogens with two attached hydrogens (primary N) is 1. The number of halogens is 1. The highest BCUT2D eigenvalue weighted by Crippen LogP contribution is 2.24. The van der Waals surface area contributed by atoms with Gasteiger partial charge in [0.15, 0.2) is 0 Å². The van der Waals surface area contributed by atoms with Crippen molar-refractivity contribution in [3.63, 3.8) is 0 Å². The molecule has 0 aliphatic heterocycles. The molecule has 0 radical (unpaired) electrons. The molecule has 0 atom stereocenters. The topological polar surface area (TPSA) is 75.7 Å². The summed E-state index contributed by atoms with van der Waals surface area (Å²) in [6.07, 6.45) is 1.35. The van der Waals surface area contributed by atoms with Crippen molar-refractivity contribution in [2.75, 3.05) is 12.8 Å². The lowest BCUT2D eigenvalue weighted by atomic mass is 10.0. The maximum atomic E-state index is 10.6. The van der Waals surface area contributed by atoms with Gasteiger partial charge in [-0.15, -0.1) is 0 Å². The first kappa shape index (κ1) is 11.5. The first-order chi connectivity index (χ1) is 7.06. The summed E-state index contributed by atoms with van der Waals surface area (Å²) in [5.74, 6) is -0.951. The first-order valence-corrected chi connectivity index (χ1v) is 4.65. The lowest BCUT2D eigenvalue weighted by Gasteiger charge is -2.08. The molecule has 0 amide bonds. The average molecular weight is 227 g/mol. The van der Waals surface area contributed by atoms with Crippen LogP contribution < -0.4 is 5.73 Å². The minimum absolute atomic E-state index is 0.161. The Morgan fingerprint density at radius 3 is 2.87 bits per heavy atom. The van der Waals surface area contributed by atoms with E-state index in [1.165, 1.54) is 6.21 Å². The average Bonchev–Trinajstić information content (AvgIpc) is 2.17. The van der Waals surface area contributed by atoms with E-state index in [4.69, 9.17) is 22.4 Å². The van der Waals surface area contributed by atoms with Gasteiger partial charge in [-0.2, -0.15) is 0 Å². The molecule has 0 saturated heterocycles. The fraction of sp³-hybridized carbons (Fsp3) is 0.200. The summed E-state index contributed by atoms with van der Waals surface area (Å²) in [6.45, 7) is 0. The Labute approximate surface area is 92.4 Å². The highest BCUT2D eigenvalue weighted by atomic mass is 35.5. The van der Waals surface area contributed by atoms with Crippen LogP contribution in [0.1, 0.15) is 11.1 Å². The maximum Gasteiger partial charge on any atom is 0.307 e. The van der Waals surface area contributed by atoms with Crippen molar-refractivity contribution in [1.82, 2.24) is 0 Å². The molecular formula is C10H11ClN2O2. The predicted molar refractivity (Wildman–Crippen MR) is 60.7 cm³/mol. The van der Waals surface area contributed by atoms with Crippen molar-refractivity contribution in [2.24, 2.45) is 4.99 Å². The number of carbonyl (C=O) groups is 1. The molecule has 0 aliphatic rings. The third-order valence-electron chi connectivity index (χ3n) is 1.92. The molecule has 0 saturated carbocycles. The van der Waals surface area contributed by atoms with E-state index in [1.807, 2.05) is 0 Å². The molecule has 4 nitrogen and oxygen atoms in total. The summed E-state index contributed by atoms with van der Waals surface area (Å²) in [7, 11) is 1.59. The summed E-state index contributed by atoms with van der Waals surface area (Å²) in [5, 5.41) is 9.12. The van der Waals surface area contributed by atoms with Gasteiger partial charge in [0.05, 0.1) is 6.42 Å². The first-order valence-electron chi connectivity index (χ1n) is 4.27. The molecule has 1 aromatic carbocycles. The molecule has 0 bridgehead atoms. The number of aliphatic carboxylic acids is 1. The van der Waals surface area contributed by atoms with E-state index in [1.54, 1.807) is 19.2 Å². The molecule has 0 heterocycles. The number of hydrogen-bond acceptors (Lipinski definition) is 3. The molecule has 0 unspecified atom stereocenters. The highest BCUT2D eigenvalue weighted by molar-refractivity contribution is 6.32. The zero-order chi connectivity index (χ0) is 11.4.